The molecule has 2 N–H and O–H groups in total. The zero-order chi connectivity index (χ0) is 15.2. The minimum absolute atomic E-state index is 0.178. The van der Waals surface area contributed by atoms with E-state index in [0.717, 1.165) is 5.56 Å². The van der Waals surface area contributed by atoms with Crippen LogP contribution in [-0.2, 0) is 11.3 Å². The van der Waals surface area contributed by atoms with Gasteiger partial charge in [0.05, 0.1) is 0 Å². The number of nitrogens with zero attached hydrogens (tertiary/aromatic N) is 2. The molecule has 0 spiro atoms. The van der Waals surface area contributed by atoms with Crippen LogP contribution in [0.4, 0.5) is 10.6 Å². The molecule has 21 heavy (non-hydrogen) atoms. The summed E-state index contributed by atoms with van der Waals surface area (Å²) in [4.78, 5) is 17.1. The number of rotatable bonds is 4. The number of ether oxygens (including phenoxy) is 1. The highest BCUT2D eigenvalue weighted by atomic mass is 16.6. The topological polar surface area (TPSA) is 82.9 Å². The third-order valence-electron chi connectivity index (χ3n) is 2.89. The van der Waals surface area contributed by atoms with Crippen molar-refractivity contribution in [2.75, 3.05) is 11.9 Å². The Morgan fingerprint density at radius 3 is 2.52 bits per heavy atom. The molecule has 0 saturated heterocycles. The van der Waals surface area contributed by atoms with E-state index in [2.05, 4.69) is 4.98 Å². The molecule has 1 aromatic heterocycles. The quantitative estimate of drug-likeness (QED) is 0.801. The predicted octanol–water partition coefficient (Wildman–Crippen LogP) is 0.534. The normalized spacial score (nSPS) is 10.0. The Morgan fingerprint density at radius 1 is 1.24 bits per heavy atom. The van der Waals surface area contributed by atoms with E-state index in [1.54, 1.807) is 0 Å². The van der Waals surface area contributed by atoms with Crippen LogP contribution in [0.3, 0.4) is 0 Å². The highest BCUT2D eigenvalue weighted by Gasteiger charge is 2.16. The van der Waals surface area contributed by atoms with Crippen LogP contribution in [0.1, 0.15) is 5.56 Å². The first-order valence-electron chi connectivity index (χ1n) is 6.34. The van der Waals surface area contributed by atoms with Crippen molar-refractivity contribution >= 4 is 24.5 Å². The van der Waals surface area contributed by atoms with Gasteiger partial charge in [0.15, 0.2) is 0 Å². The maximum absolute atomic E-state index is 11.9. The van der Waals surface area contributed by atoms with Crippen LogP contribution in [0, 0.1) is 0 Å². The van der Waals surface area contributed by atoms with Gasteiger partial charge in [-0.15, -0.1) is 0 Å². The summed E-state index contributed by atoms with van der Waals surface area (Å²) in [7, 11) is -0.0491. The number of carbonyl (C=O) groups excluding carboxylic acids is 1. The highest BCUT2D eigenvalue weighted by molar-refractivity contribution is 6.58. The van der Waals surface area contributed by atoms with Crippen LogP contribution in [0.15, 0.2) is 48.7 Å². The van der Waals surface area contributed by atoms with Gasteiger partial charge in [-0.25, -0.2) is 9.78 Å². The second-order valence-electron chi connectivity index (χ2n) is 4.42. The number of hydrogen-bond donors (Lipinski definition) is 2. The number of amides is 1. The zero-order valence-electron chi connectivity index (χ0n) is 11.5. The molecule has 108 valence electrons. The lowest BCUT2D eigenvalue weighted by molar-refractivity contribution is 0.148. The molecule has 1 aromatic carbocycles. The zero-order valence-corrected chi connectivity index (χ0v) is 11.5. The molecule has 7 heteroatoms. The maximum Gasteiger partial charge on any atom is 0.490 e. The smallest absolute Gasteiger partial charge is 0.444 e. The molecule has 0 aliphatic heterocycles. The number of pyridine rings is 1. The van der Waals surface area contributed by atoms with E-state index in [4.69, 9.17) is 14.8 Å². The molecule has 1 heterocycles. The van der Waals surface area contributed by atoms with Gasteiger partial charge in [0.25, 0.3) is 0 Å². The number of carbonyl (C=O) groups is 1. The van der Waals surface area contributed by atoms with Gasteiger partial charge in [0, 0.05) is 18.7 Å². The Balaban J connectivity index is 1.95. The summed E-state index contributed by atoms with van der Waals surface area (Å²) < 4.78 is 5.17. The molecular formula is C14H15BN2O4. The summed E-state index contributed by atoms with van der Waals surface area (Å²) in [5, 5.41) is 18.0. The second kappa shape index (κ2) is 6.87. The lowest BCUT2D eigenvalue weighted by Crippen LogP contribution is -2.32. The van der Waals surface area contributed by atoms with Crippen molar-refractivity contribution in [3.8, 4) is 0 Å². The van der Waals surface area contributed by atoms with Crippen molar-refractivity contribution < 1.29 is 19.6 Å². The maximum atomic E-state index is 11.9. The van der Waals surface area contributed by atoms with Crippen molar-refractivity contribution in [1.29, 1.82) is 0 Å². The lowest BCUT2D eigenvalue weighted by atomic mass is 9.82. The van der Waals surface area contributed by atoms with E-state index in [1.165, 1.54) is 30.3 Å². The van der Waals surface area contributed by atoms with Crippen LogP contribution in [0.2, 0.25) is 0 Å². The van der Waals surface area contributed by atoms with E-state index < -0.39 is 13.2 Å². The summed E-state index contributed by atoms with van der Waals surface area (Å²) in [6.07, 6.45) is 0.754. The van der Waals surface area contributed by atoms with Crippen LogP contribution in [0.5, 0.6) is 0 Å². The summed E-state index contributed by atoms with van der Waals surface area (Å²) in [6.45, 7) is 0.178. The average Bonchev–Trinajstić information content (AvgIpc) is 2.53. The monoisotopic (exact) mass is 286 g/mol. The summed E-state index contributed by atoms with van der Waals surface area (Å²) in [6, 6.07) is 12.3. The average molecular weight is 286 g/mol. The molecule has 0 aliphatic rings. The Hall–Kier alpha value is -2.38. The third-order valence-corrected chi connectivity index (χ3v) is 2.89. The first kappa shape index (κ1) is 15.0. The molecule has 0 fully saturated rings. The fourth-order valence-corrected chi connectivity index (χ4v) is 1.66. The molecule has 2 aromatic rings. The Bertz CT molecular complexity index is 590. The Labute approximate surface area is 122 Å². The molecule has 0 unspecified atom stereocenters. The van der Waals surface area contributed by atoms with Gasteiger partial charge in [-0.2, -0.15) is 0 Å². The summed E-state index contributed by atoms with van der Waals surface area (Å²) in [5.41, 5.74) is 1.15. The highest BCUT2D eigenvalue weighted by Crippen LogP contribution is 2.09. The SMILES string of the molecule is CN(C(=O)OCc1ccccc1)c1ccc(B(O)O)cn1. The number of aromatic nitrogens is 1. The van der Waals surface area contributed by atoms with E-state index >= 15 is 0 Å². The van der Waals surface area contributed by atoms with Crippen molar-refractivity contribution in [3.63, 3.8) is 0 Å². The van der Waals surface area contributed by atoms with Crippen LogP contribution in [-0.4, -0.2) is 35.3 Å². The summed E-state index contributed by atoms with van der Waals surface area (Å²) in [5.74, 6) is 0.359. The minimum Gasteiger partial charge on any atom is -0.444 e. The second-order valence-corrected chi connectivity index (χ2v) is 4.42. The van der Waals surface area contributed by atoms with Crippen molar-refractivity contribution in [3.05, 3.63) is 54.2 Å². The first-order chi connectivity index (χ1) is 10.1. The molecule has 6 nitrogen and oxygen atoms in total. The number of benzene rings is 1. The molecule has 0 atom stereocenters. The number of hydrogen-bond acceptors (Lipinski definition) is 5. The molecular weight excluding hydrogens is 271 g/mol. The van der Waals surface area contributed by atoms with E-state index in [-0.39, 0.29) is 12.1 Å². The van der Waals surface area contributed by atoms with Crippen LogP contribution >= 0.6 is 0 Å². The standard InChI is InChI=1S/C14H15BN2O4/c1-17(13-8-7-12(9-16-13)15(19)20)14(18)21-10-11-5-3-2-4-6-11/h2-9,19-20H,10H2,1H3. The van der Waals surface area contributed by atoms with Gasteiger partial charge < -0.3 is 14.8 Å². The van der Waals surface area contributed by atoms with Gasteiger partial charge in [0.1, 0.15) is 12.4 Å². The molecule has 1 amide bonds. The molecule has 0 bridgehead atoms. The van der Waals surface area contributed by atoms with E-state index in [0.29, 0.717) is 5.82 Å². The number of anilines is 1. The van der Waals surface area contributed by atoms with Gasteiger partial charge >= 0.3 is 13.2 Å². The molecule has 0 radical (unpaired) electrons. The van der Waals surface area contributed by atoms with Crippen LogP contribution in [0.25, 0.3) is 0 Å². The van der Waals surface area contributed by atoms with Crippen LogP contribution < -0.4 is 10.4 Å². The minimum atomic E-state index is -1.58. The van der Waals surface area contributed by atoms with Gasteiger partial charge in [-0.1, -0.05) is 36.4 Å². The van der Waals surface area contributed by atoms with Gasteiger partial charge in [-0.3, -0.25) is 4.90 Å². The van der Waals surface area contributed by atoms with E-state index in [1.807, 2.05) is 30.3 Å². The fraction of sp³-hybridized carbons (Fsp3) is 0.143. The molecule has 0 aliphatic carbocycles. The lowest BCUT2D eigenvalue weighted by Gasteiger charge is -2.16. The Kier molecular flexibility index (Phi) is 4.92. The largest absolute Gasteiger partial charge is 0.490 e. The fourth-order valence-electron chi connectivity index (χ4n) is 1.66. The molecule has 2 rings (SSSR count). The van der Waals surface area contributed by atoms with Crippen molar-refractivity contribution in [1.82, 2.24) is 4.98 Å². The van der Waals surface area contributed by atoms with E-state index in [9.17, 15) is 4.79 Å². The molecule has 0 saturated carbocycles. The van der Waals surface area contributed by atoms with Crippen molar-refractivity contribution in [2.45, 2.75) is 6.61 Å². The van der Waals surface area contributed by atoms with Crippen molar-refractivity contribution in [2.24, 2.45) is 0 Å². The Morgan fingerprint density at radius 2 is 1.95 bits per heavy atom. The van der Waals surface area contributed by atoms with Gasteiger partial charge in [-0.05, 0) is 11.6 Å². The first-order valence-corrected chi connectivity index (χ1v) is 6.34. The summed E-state index contributed by atoms with van der Waals surface area (Å²) >= 11 is 0. The predicted molar refractivity (Wildman–Crippen MR) is 79.1 cm³/mol. The van der Waals surface area contributed by atoms with Gasteiger partial charge in [0.2, 0.25) is 0 Å². The third kappa shape index (κ3) is 4.04.